The minimum absolute atomic E-state index is 0.313. The SMILES string of the molecule is COC(=O)c1ccc(N2CCc3onc(-c4cccc(F)c4)c3C2)nc1. The predicted octanol–water partition coefficient (Wildman–Crippen LogP) is 3.23. The third-order valence-electron chi connectivity index (χ3n) is 4.42. The summed E-state index contributed by atoms with van der Waals surface area (Å²) in [5, 5.41) is 4.14. The molecule has 6 nitrogen and oxygen atoms in total. The molecule has 0 saturated carbocycles. The molecule has 0 bridgehead atoms. The number of fused-ring (bicyclic) bond motifs is 1. The highest BCUT2D eigenvalue weighted by Crippen LogP contribution is 2.31. The Morgan fingerprint density at radius 3 is 2.92 bits per heavy atom. The van der Waals surface area contributed by atoms with Gasteiger partial charge in [-0.15, -0.1) is 0 Å². The molecule has 26 heavy (non-hydrogen) atoms. The van der Waals surface area contributed by atoms with Crippen LogP contribution in [0.25, 0.3) is 11.3 Å². The van der Waals surface area contributed by atoms with E-state index in [1.54, 1.807) is 18.2 Å². The first-order chi connectivity index (χ1) is 12.7. The molecule has 3 aromatic rings. The molecule has 0 radical (unpaired) electrons. The van der Waals surface area contributed by atoms with Crippen molar-refractivity contribution in [2.24, 2.45) is 0 Å². The molecule has 1 aromatic carbocycles. The van der Waals surface area contributed by atoms with Crippen molar-refractivity contribution in [2.45, 2.75) is 13.0 Å². The smallest absolute Gasteiger partial charge is 0.339 e. The van der Waals surface area contributed by atoms with Crippen molar-refractivity contribution in [3.8, 4) is 11.3 Å². The molecular weight excluding hydrogens is 337 g/mol. The van der Waals surface area contributed by atoms with Crippen LogP contribution >= 0.6 is 0 Å². The van der Waals surface area contributed by atoms with Crippen LogP contribution in [0.1, 0.15) is 21.7 Å². The number of halogens is 1. The first kappa shape index (κ1) is 16.3. The third-order valence-corrected chi connectivity index (χ3v) is 4.42. The molecule has 4 rings (SSSR count). The summed E-state index contributed by atoms with van der Waals surface area (Å²) in [4.78, 5) is 18.0. The number of anilines is 1. The van der Waals surface area contributed by atoms with E-state index in [0.29, 0.717) is 29.8 Å². The quantitative estimate of drug-likeness (QED) is 0.674. The fourth-order valence-electron chi connectivity index (χ4n) is 3.08. The van der Waals surface area contributed by atoms with E-state index in [1.165, 1.54) is 25.4 Å². The van der Waals surface area contributed by atoms with E-state index >= 15 is 0 Å². The van der Waals surface area contributed by atoms with Gasteiger partial charge >= 0.3 is 5.97 Å². The molecule has 0 atom stereocenters. The maximum absolute atomic E-state index is 13.5. The number of ether oxygens (including phenoxy) is 1. The number of aromatic nitrogens is 2. The molecule has 0 spiro atoms. The molecule has 132 valence electrons. The van der Waals surface area contributed by atoms with Crippen LogP contribution in [0.15, 0.2) is 47.1 Å². The maximum Gasteiger partial charge on any atom is 0.339 e. The topological polar surface area (TPSA) is 68.5 Å². The predicted molar refractivity (Wildman–Crippen MR) is 92.2 cm³/mol. The second kappa shape index (κ2) is 6.59. The summed E-state index contributed by atoms with van der Waals surface area (Å²) < 4.78 is 23.7. The van der Waals surface area contributed by atoms with Gasteiger partial charge in [-0.1, -0.05) is 17.3 Å². The van der Waals surface area contributed by atoms with Crippen molar-refractivity contribution < 1.29 is 18.4 Å². The van der Waals surface area contributed by atoms with Crippen LogP contribution in [0.5, 0.6) is 0 Å². The Labute approximate surface area is 149 Å². The van der Waals surface area contributed by atoms with Gasteiger partial charge in [-0.3, -0.25) is 0 Å². The highest BCUT2D eigenvalue weighted by molar-refractivity contribution is 5.89. The first-order valence-electron chi connectivity index (χ1n) is 8.18. The van der Waals surface area contributed by atoms with Crippen molar-refractivity contribution >= 4 is 11.8 Å². The second-order valence-electron chi connectivity index (χ2n) is 6.01. The number of esters is 1. The number of methoxy groups -OCH3 is 1. The Morgan fingerprint density at radius 2 is 2.19 bits per heavy atom. The lowest BCUT2D eigenvalue weighted by Gasteiger charge is -2.27. The van der Waals surface area contributed by atoms with Crippen LogP contribution in [0, 0.1) is 5.82 Å². The van der Waals surface area contributed by atoms with E-state index in [0.717, 1.165) is 23.7 Å². The number of hydrogen-bond donors (Lipinski definition) is 0. The van der Waals surface area contributed by atoms with Crippen LogP contribution in [0.3, 0.4) is 0 Å². The van der Waals surface area contributed by atoms with Crippen LogP contribution in [-0.4, -0.2) is 29.8 Å². The highest BCUT2D eigenvalue weighted by atomic mass is 19.1. The molecule has 1 aliphatic heterocycles. The van der Waals surface area contributed by atoms with Crippen LogP contribution in [0.2, 0.25) is 0 Å². The maximum atomic E-state index is 13.5. The number of pyridine rings is 1. The van der Waals surface area contributed by atoms with Crippen LogP contribution in [0.4, 0.5) is 10.2 Å². The lowest BCUT2D eigenvalue weighted by molar-refractivity contribution is 0.0600. The van der Waals surface area contributed by atoms with E-state index in [2.05, 4.69) is 19.8 Å². The lowest BCUT2D eigenvalue weighted by atomic mass is 10.0. The van der Waals surface area contributed by atoms with Gasteiger partial charge in [0, 0.05) is 30.3 Å². The molecule has 7 heteroatoms. The Bertz CT molecular complexity index is 953. The summed E-state index contributed by atoms with van der Waals surface area (Å²) in [5.41, 5.74) is 2.67. The number of benzene rings is 1. The summed E-state index contributed by atoms with van der Waals surface area (Å²) in [6, 6.07) is 9.77. The Kier molecular flexibility index (Phi) is 4.12. The van der Waals surface area contributed by atoms with Crippen molar-refractivity contribution in [3.63, 3.8) is 0 Å². The standard InChI is InChI=1S/C19H16FN3O3/c1-25-19(24)13-5-6-17(21-10-13)23-8-7-16-15(11-23)18(22-26-16)12-3-2-4-14(20)9-12/h2-6,9-10H,7-8,11H2,1H3. The lowest BCUT2D eigenvalue weighted by Crippen LogP contribution is -2.30. The van der Waals surface area contributed by atoms with Gasteiger partial charge in [0.05, 0.1) is 19.2 Å². The van der Waals surface area contributed by atoms with E-state index in [1.807, 2.05) is 6.07 Å². The van der Waals surface area contributed by atoms with Gasteiger partial charge in [0.15, 0.2) is 0 Å². The van der Waals surface area contributed by atoms with Crippen molar-refractivity contribution in [3.05, 3.63) is 65.3 Å². The van der Waals surface area contributed by atoms with Gasteiger partial charge in [0.1, 0.15) is 23.1 Å². The van der Waals surface area contributed by atoms with Gasteiger partial charge < -0.3 is 14.2 Å². The van der Waals surface area contributed by atoms with E-state index < -0.39 is 5.97 Å². The fraction of sp³-hybridized carbons (Fsp3) is 0.211. The van der Waals surface area contributed by atoms with Gasteiger partial charge in [-0.25, -0.2) is 14.2 Å². The minimum atomic E-state index is -0.419. The Hall–Kier alpha value is -3.22. The minimum Gasteiger partial charge on any atom is -0.465 e. The average molecular weight is 353 g/mol. The molecule has 0 N–H and O–H groups in total. The zero-order valence-corrected chi connectivity index (χ0v) is 14.1. The Morgan fingerprint density at radius 1 is 1.31 bits per heavy atom. The number of carbonyl (C=O) groups is 1. The molecule has 2 aromatic heterocycles. The van der Waals surface area contributed by atoms with E-state index in [4.69, 9.17) is 4.52 Å². The molecule has 0 saturated heterocycles. The fourth-order valence-corrected chi connectivity index (χ4v) is 3.08. The normalized spacial score (nSPS) is 13.4. The zero-order valence-electron chi connectivity index (χ0n) is 14.1. The molecule has 0 unspecified atom stereocenters. The average Bonchev–Trinajstić information content (AvgIpc) is 3.10. The molecular formula is C19H16FN3O3. The molecule has 1 aliphatic rings. The monoisotopic (exact) mass is 353 g/mol. The third kappa shape index (κ3) is 2.92. The van der Waals surface area contributed by atoms with Gasteiger partial charge in [-0.05, 0) is 24.3 Å². The van der Waals surface area contributed by atoms with E-state index in [9.17, 15) is 9.18 Å². The van der Waals surface area contributed by atoms with Gasteiger partial charge in [-0.2, -0.15) is 0 Å². The summed E-state index contributed by atoms with van der Waals surface area (Å²) in [7, 11) is 1.34. The highest BCUT2D eigenvalue weighted by Gasteiger charge is 2.26. The van der Waals surface area contributed by atoms with Gasteiger partial charge in [0.25, 0.3) is 0 Å². The second-order valence-corrected chi connectivity index (χ2v) is 6.01. The number of carbonyl (C=O) groups excluding carboxylic acids is 1. The summed E-state index contributed by atoms with van der Waals surface area (Å²) >= 11 is 0. The summed E-state index contributed by atoms with van der Waals surface area (Å²) in [5.74, 6) is 0.825. The van der Waals surface area contributed by atoms with Crippen molar-refractivity contribution in [2.75, 3.05) is 18.6 Å². The summed E-state index contributed by atoms with van der Waals surface area (Å²) in [6.45, 7) is 1.27. The van der Waals surface area contributed by atoms with Crippen molar-refractivity contribution in [1.82, 2.24) is 10.1 Å². The van der Waals surface area contributed by atoms with Crippen molar-refractivity contribution in [1.29, 1.82) is 0 Å². The van der Waals surface area contributed by atoms with Gasteiger partial charge in [0.2, 0.25) is 0 Å². The Balaban J connectivity index is 1.61. The van der Waals surface area contributed by atoms with E-state index in [-0.39, 0.29) is 5.82 Å². The molecule has 0 amide bonds. The zero-order chi connectivity index (χ0) is 18.1. The summed E-state index contributed by atoms with van der Waals surface area (Å²) in [6.07, 6.45) is 2.18. The molecule has 0 fully saturated rings. The number of hydrogen-bond acceptors (Lipinski definition) is 6. The van der Waals surface area contributed by atoms with Crippen LogP contribution < -0.4 is 4.90 Å². The number of rotatable bonds is 3. The largest absolute Gasteiger partial charge is 0.465 e. The molecule has 3 heterocycles. The first-order valence-corrected chi connectivity index (χ1v) is 8.18. The van der Waals surface area contributed by atoms with Crippen LogP contribution in [-0.2, 0) is 17.7 Å². The molecule has 0 aliphatic carbocycles. The number of nitrogens with zero attached hydrogens (tertiary/aromatic N) is 3.